The molecule has 128 valence electrons. The normalized spacial score (nSPS) is 10.5. The van der Waals surface area contributed by atoms with Crippen LogP contribution >= 0.6 is 0 Å². The molecule has 0 saturated carbocycles. The molecule has 0 aliphatic heterocycles. The summed E-state index contributed by atoms with van der Waals surface area (Å²) in [7, 11) is 3.68. The number of para-hydroxylation sites is 1. The zero-order valence-electron chi connectivity index (χ0n) is 14.5. The molecule has 0 unspecified atom stereocenters. The minimum Gasteiger partial charge on any atom is -0.383 e. The van der Waals surface area contributed by atoms with Crippen LogP contribution in [0.1, 0.15) is 0 Å². The van der Waals surface area contributed by atoms with Crippen molar-refractivity contribution in [3.8, 4) is 11.3 Å². The lowest BCUT2D eigenvalue weighted by atomic mass is 10.1. The van der Waals surface area contributed by atoms with Crippen molar-refractivity contribution in [2.45, 2.75) is 0 Å². The van der Waals surface area contributed by atoms with Crippen LogP contribution in [0.5, 0.6) is 0 Å². The molecule has 5 heteroatoms. The minimum absolute atomic E-state index is 0.594. The molecule has 0 bridgehead atoms. The van der Waals surface area contributed by atoms with Crippen LogP contribution in [0.4, 0.5) is 17.5 Å². The second-order valence-electron chi connectivity index (χ2n) is 5.62. The van der Waals surface area contributed by atoms with Crippen LogP contribution in [0.25, 0.3) is 11.3 Å². The van der Waals surface area contributed by atoms with E-state index in [9.17, 15) is 0 Å². The van der Waals surface area contributed by atoms with Gasteiger partial charge in [-0.3, -0.25) is 0 Å². The molecule has 0 fully saturated rings. The predicted molar refractivity (Wildman–Crippen MR) is 102 cm³/mol. The Labute approximate surface area is 148 Å². The summed E-state index contributed by atoms with van der Waals surface area (Å²) in [5, 5.41) is 3.23. The molecular formula is C20H22N4O. The fourth-order valence-electron chi connectivity index (χ4n) is 2.49. The first-order valence-electron chi connectivity index (χ1n) is 8.24. The van der Waals surface area contributed by atoms with E-state index >= 15 is 0 Å². The number of nitrogens with one attached hydrogen (secondary N) is 1. The summed E-state index contributed by atoms with van der Waals surface area (Å²) in [6, 6.07) is 22.3. The third-order valence-electron chi connectivity index (χ3n) is 3.86. The summed E-state index contributed by atoms with van der Waals surface area (Å²) in [6.07, 6.45) is 0. The zero-order chi connectivity index (χ0) is 17.5. The molecule has 0 aliphatic carbocycles. The standard InChI is InChI=1S/C20H22N4O/c1-24(17-11-7-4-8-12-17)19-15-18(16-9-5-3-6-10-16)22-20(23-19)21-13-14-25-2/h3-12,15H,13-14H2,1-2H3,(H,21,22,23). The third kappa shape index (κ3) is 4.33. The smallest absolute Gasteiger partial charge is 0.225 e. The summed E-state index contributed by atoms with van der Waals surface area (Å²) in [5.41, 5.74) is 3.01. The van der Waals surface area contributed by atoms with E-state index in [2.05, 4.69) is 32.3 Å². The highest BCUT2D eigenvalue weighted by molar-refractivity contribution is 5.68. The van der Waals surface area contributed by atoms with Gasteiger partial charge in [0.2, 0.25) is 5.95 Å². The molecule has 0 saturated heterocycles. The fourth-order valence-corrected chi connectivity index (χ4v) is 2.49. The minimum atomic E-state index is 0.594. The van der Waals surface area contributed by atoms with Crippen molar-refractivity contribution in [1.29, 1.82) is 0 Å². The molecule has 0 atom stereocenters. The number of hydrogen-bond acceptors (Lipinski definition) is 5. The van der Waals surface area contributed by atoms with Crippen molar-refractivity contribution >= 4 is 17.5 Å². The summed E-state index contributed by atoms with van der Waals surface area (Å²) in [6.45, 7) is 1.26. The van der Waals surface area contributed by atoms with Gasteiger partial charge in [-0.05, 0) is 12.1 Å². The molecule has 0 aliphatic rings. The average Bonchev–Trinajstić information content (AvgIpc) is 2.69. The molecule has 0 spiro atoms. The van der Waals surface area contributed by atoms with E-state index in [0.29, 0.717) is 19.1 Å². The summed E-state index contributed by atoms with van der Waals surface area (Å²) in [5.74, 6) is 1.43. The lowest BCUT2D eigenvalue weighted by Crippen LogP contribution is -2.15. The van der Waals surface area contributed by atoms with Crippen LogP contribution in [0.15, 0.2) is 66.7 Å². The van der Waals surface area contributed by atoms with Crippen LogP contribution in [0.2, 0.25) is 0 Å². The zero-order valence-corrected chi connectivity index (χ0v) is 14.5. The number of hydrogen-bond donors (Lipinski definition) is 1. The highest BCUT2D eigenvalue weighted by atomic mass is 16.5. The Hall–Kier alpha value is -2.92. The van der Waals surface area contributed by atoms with Crippen molar-refractivity contribution in [1.82, 2.24) is 9.97 Å². The Morgan fingerprint density at radius 2 is 1.64 bits per heavy atom. The highest BCUT2D eigenvalue weighted by Gasteiger charge is 2.11. The van der Waals surface area contributed by atoms with Crippen molar-refractivity contribution in [2.24, 2.45) is 0 Å². The lowest BCUT2D eigenvalue weighted by molar-refractivity contribution is 0.210. The van der Waals surface area contributed by atoms with Crippen LogP contribution in [-0.2, 0) is 4.74 Å². The van der Waals surface area contributed by atoms with Crippen molar-refractivity contribution in [3.05, 3.63) is 66.7 Å². The maximum absolute atomic E-state index is 5.10. The van der Waals surface area contributed by atoms with Crippen LogP contribution in [0, 0.1) is 0 Å². The molecule has 1 N–H and O–H groups in total. The van der Waals surface area contributed by atoms with Gasteiger partial charge >= 0.3 is 0 Å². The first kappa shape index (κ1) is 16.9. The second-order valence-corrected chi connectivity index (χ2v) is 5.62. The number of nitrogens with zero attached hydrogens (tertiary/aromatic N) is 3. The number of benzene rings is 2. The van der Waals surface area contributed by atoms with E-state index in [1.54, 1.807) is 7.11 Å². The molecule has 3 aromatic rings. The van der Waals surface area contributed by atoms with E-state index in [1.165, 1.54) is 0 Å². The predicted octanol–water partition coefficient (Wildman–Crippen LogP) is 3.97. The van der Waals surface area contributed by atoms with Crippen LogP contribution in [0.3, 0.4) is 0 Å². The summed E-state index contributed by atoms with van der Waals surface area (Å²) in [4.78, 5) is 11.4. The van der Waals surface area contributed by atoms with Gasteiger partial charge in [0.15, 0.2) is 0 Å². The van der Waals surface area contributed by atoms with Crippen molar-refractivity contribution in [3.63, 3.8) is 0 Å². The first-order chi connectivity index (χ1) is 12.3. The van der Waals surface area contributed by atoms with E-state index in [-0.39, 0.29) is 0 Å². The molecule has 1 aromatic heterocycles. The molecule has 25 heavy (non-hydrogen) atoms. The fraction of sp³-hybridized carbons (Fsp3) is 0.200. The molecular weight excluding hydrogens is 312 g/mol. The Morgan fingerprint density at radius 1 is 0.960 bits per heavy atom. The van der Waals surface area contributed by atoms with Gasteiger partial charge in [-0.15, -0.1) is 0 Å². The number of ether oxygens (including phenoxy) is 1. The number of rotatable bonds is 7. The Bertz CT molecular complexity index is 793. The van der Waals surface area contributed by atoms with Gasteiger partial charge in [-0.1, -0.05) is 48.5 Å². The Morgan fingerprint density at radius 3 is 2.32 bits per heavy atom. The lowest BCUT2D eigenvalue weighted by Gasteiger charge is -2.20. The van der Waals surface area contributed by atoms with Crippen molar-refractivity contribution in [2.75, 3.05) is 37.5 Å². The van der Waals surface area contributed by atoms with Gasteiger partial charge < -0.3 is 15.0 Å². The molecule has 3 rings (SSSR count). The van der Waals surface area contributed by atoms with Crippen LogP contribution in [-0.4, -0.2) is 37.3 Å². The SMILES string of the molecule is COCCNc1nc(-c2ccccc2)cc(N(C)c2ccccc2)n1. The first-order valence-corrected chi connectivity index (χ1v) is 8.24. The highest BCUT2D eigenvalue weighted by Crippen LogP contribution is 2.27. The maximum atomic E-state index is 5.10. The monoisotopic (exact) mass is 334 g/mol. The largest absolute Gasteiger partial charge is 0.383 e. The Kier molecular flexibility index (Phi) is 5.59. The molecule has 5 nitrogen and oxygen atoms in total. The van der Waals surface area contributed by atoms with E-state index in [1.807, 2.05) is 61.6 Å². The van der Waals surface area contributed by atoms with E-state index in [4.69, 9.17) is 4.74 Å². The van der Waals surface area contributed by atoms with Gasteiger partial charge in [0.25, 0.3) is 0 Å². The topological polar surface area (TPSA) is 50.3 Å². The van der Waals surface area contributed by atoms with E-state index < -0.39 is 0 Å². The number of anilines is 3. The van der Waals surface area contributed by atoms with Gasteiger partial charge in [-0.2, -0.15) is 4.98 Å². The van der Waals surface area contributed by atoms with Gasteiger partial charge in [0.05, 0.1) is 12.3 Å². The second kappa shape index (κ2) is 8.26. The molecule has 0 radical (unpaired) electrons. The molecule has 2 aromatic carbocycles. The van der Waals surface area contributed by atoms with Gasteiger partial charge in [0.1, 0.15) is 5.82 Å². The maximum Gasteiger partial charge on any atom is 0.225 e. The van der Waals surface area contributed by atoms with Crippen LogP contribution < -0.4 is 10.2 Å². The van der Waals surface area contributed by atoms with Gasteiger partial charge in [-0.25, -0.2) is 4.98 Å². The molecule has 0 amide bonds. The number of methoxy groups -OCH3 is 1. The number of aromatic nitrogens is 2. The van der Waals surface area contributed by atoms with Crippen molar-refractivity contribution < 1.29 is 4.74 Å². The summed E-state index contributed by atoms with van der Waals surface area (Å²) < 4.78 is 5.10. The van der Waals surface area contributed by atoms with E-state index in [0.717, 1.165) is 22.8 Å². The summed E-state index contributed by atoms with van der Waals surface area (Å²) >= 11 is 0. The quantitative estimate of drug-likeness (QED) is 0.663. The average molecular weight is 334 g/mol. The Balaban J connectivity index is 1.97. The molecule has 1 heterocycles. The van der Waals surface area contributed by atoms with Gasteiger partial charge in [0, 0.05) is 38.0 Å². The third-order valence-corrected chi connectivity index (χ3v) is 3.86.